The quantitative estimate of drug-likeness (QED) is 0.868. The molecule has 0 aliphatic heterocycles. The van der Waals surface area contributed by atoms with Crippen molar-refractivity contribution in [1.29, 1.82) is 0 Å². The average molecular weight is 333 g/mol. The Morgan fingerprint density at radius 1 is 1.25 bits per heavy atom. The maximum absolute atomic E-state index is 12.3. The monoisotopic (exact) mass is 333 g/mol. The van der Waals surface area contributed by atoms with Crippen molar-refractivity contribution in [3.63, 3.8) is 0 Å². The summed E-state index contributed by atoms with van der Waals surface area (Å²) in [4.78, 5) is 23.3. The zero-order chi connectivity index (χ0) is 17.9. The van der Waals surface area contributed by atoms with Crippen LogP contribution in [0.5, 0.6) is 5.75 Å². The maximum Gasteiger partial charge on any atom is 0.306 e. The van der Waals surface area contributed by atoms with E-state index in [4.69, 9.17) is 9.84 Å². The lowest BCUT2D eigenvalue weighted by molar-refractivity contribution is -0.141. The van der Waals surface area contributed by atoms with Gasteiger partial charge in [-0.25, -0.2) is 0 Å². The van der Waals surface area contributed by atoms with Crippen molar-refractivity contribution >= 4 is 11.9 Å². The summed E-state index contributed by atoms with van der Waals surface area (Å²) >= 11 is 0. The number of aliphatic carboxylic acids is 1. The first kappa shape index (κ1) is 18.3. The van der Waals surface area contributed by atoms with E-state index in [1.807, 2.05) is 12.1 Å². The van der Waals surface area contributed by atoms with Crippen LogP contribution >= 0.6 is 0 Å². The highest BCUT2D eigenvalue weighted by atomic mass is 16.5. The summed E-state index contributed by atoms with van der Waals surface area (Å²) in [5.41, 5.74) is 2.14. The van der Waals surface area contributed by atoms with Crippen LogP contribution in [0.25, 0.3) is 0 Å². The number of amides is 1. The standard InChI is InChI=1S/C19H27NO4/c1-19(2,3)15-7-8-16(24-4)14(10-15)11-20-17(21)12-5-6-13(9-12)18(22)23/h7-8,10,12-13H,5-6,9,11H2,1-4H3,(H,20,21)(H,22,23)/t12-,13+/m1/s1. The zero-order valence-corrected chi connectivity index (χ0v) is 14.9. The van der Waals surface area contributed by atoms with Crippen LogP contribution in [0.2, 0.25) is 0 Å². The highest BCUT2D eigenvalue weighted by Gasteiger charge is 2.33. The molecule has 0 spiro atoms. The molecular weight excluding hydrogens is 306 g/mol. The van der Waals surface area contributed by atoms with Crippen molar-refractivity contribution < 1.29 is 19.4 Å². The number of methoxy groups -OCH3 is 1. The molecule has 2 N–H and O–H groups in total. The lowest BCUT2D eigenvalue weighted by atomic mass is 9.86. The van der Waals surface area contributed by atoms with E-state index in [0.29, 0.717) is 25.8 Å². The molecule has 2 rings (SSSR count). The predicted octanol–water partition coefficient (Wildman–Crippen LogP) is 3.11. The van der Waals surface area contributed by atoms with Gasteiger partial charge in [-0.2, -0.15) is 0 Å². The average Bonchev–Trinajstić information content (AvgIpc) is 3.01. The highest BCUT2D eigenvalue weighted by Crippen LogP contribution is 2.32. The van der Waals surface area contributed by atoms with Gasteiger partial charge in [0.1, 0.15) is 5.75 Å². The Morgan fingerprint density at radius 3 is 2.46 bits per heavy atom. The van der Waals surface area contributed by atoms with Gasteiger partial charge in [0.05, 0.1) is 13.0 Å². The van der Waals surface area contributed by atoms with Gasteiger partial charge in [-0.15, -0.1) is 0 Å². The molecule has 24 heavy (non-hydrogen) atoms. The largest absolute Gasteiger partial charge is 0.496 e. The Morgan fingerprint density at radius 2 is 1.92 bits per heavy atom. The van der Waals surface area contributed by atoms with E-state index >= 15 is 0 Å². The van der Waals surface area contributed by atoms with Crippen LogP contribution in [0.15, 0.2) is 18.2 Å². The minimum atomic E-state index is -0.801. The highest BCUT2D eigenvalue weighted by molar-refractivity contribution is 5.80. The van der Waals surface area contributed by atoms with Gasteiger partial charge in [0.25, 0.3) is 0 Å². The molecule has 0 saturated heterocycles. The second-order valence-electron chi connectivity index (χ2n) is 7.54. The fourth-order valence-corrected chi connectivity index (χ4v) is 3.15. The minimum absolute atomic E-state index is 0.0190. The fraction of sp³-hybridized carbons (Fsp3) is 0.579. The second-order valence-corrected chi connectivity index (χ2v) is 7.54. The molecule has 0 aromatic heterocycles. The van der Waals surface area contributed by atoms with Crippen LogP contribution in [-0.2, 0) is 21.5 Å². The Hall–Kier alpha value is -2.04. The van der Waals surface area contributed by atoms with Crippen molar-refractivity contribution in [2.24, 2.45) is 11.8 Å². The van der Waals surface area contributed by atoms with Crippen molar-refractivity contribution in [3.05, 3.63) is 29.3 Å². The third kappa shape index (κ3) is 4.28. The van der Waals surface area contributed by atoms with Gasteiger partial charge < -0.3 is 15.2 Å². The Balaban J connectivity index is 2.03. The van der Waals surface area contributed by atoms with Crippen LogP contribution < -0.4 is 10.1 Å². The van der Waals surface area contributed by atoms with Gasteiger partial charge >= 0.3 is 5.97 Å². The molecule has 1 saturated carbocycles. The van der Waals surface area contributed by atoms with Crippen molar-refractivity contribution in [2.45, 2.75) is 52.0 Å². The molecule has 132 valence electrons. The summed E-state index contributed by atoms with van der Waals surface area (Å²) in [6.45, 7) is 6.81. The Bertz CT molecular complexity index is 618. The van der Waals surface area contributed by atoms with Crippen LogP contribution in [-0.4, -0.2) is 24.1 Å². The first-order chi connectivity index (χ1) is 11.2. The molecule has 0 radical (unpaired) electrons. The molecule has 0 unspecified atom stereocenters. The molecule has 1 aromatic rings. The molecule has 1 fully saturated rings. The summed E-state index contributed by atoms with van der Waals surface area (Å²) in [7, 11) is 1.62. The Kier molecular flexibility index (Phi) is 5.52. The molecule has 0 bridgehead atoms. The lowest BCUT2D eigenvalue weighted by Crippen LogP contribution is -2.29. The zero-order valence-electron chi connectivity index (χ0n) is 14.9. The molecule has 1 aliphatic rings. The van der Waals surface area contributed by atoms with Crippen molar-refractivity contribution in [3.8, 4) is 5.75 Å². The third-order valence-corrected chi connectivity index (χ3v) is 4.75. The van der Waals surface area contributed by atoms with Gasteiger partial charge in [-0.1, -0.05) is 26.8 Å². The number of hydrogen-bond acceptors (Lipinski definition) is 3. The summed E-state index contributed by atoms with van der Waals surface area (Å²) in [5.74, 6) is -0.715. The van der Waals surface area contributed by atoms with E-state index in [-0.39, 0.29) is 23.2 Å². The second kappa shape index (κ2) is 7.24. The predicted molar refractivity (Wildman–Crippen MR) is 92.0 cm³/mol. The van der Waals surface area contributed by atoms with Gasteiger partial charge in [0, 0.05) is 18.0 Å². The van der Waals surface area contributed by atoms with E-state index in [9.17, 15) is 9.59 Å². The summed E-state index contributed by atoms with van der Waals surface area (Å²) in [5, 5.41) is 12.0. The van der Waals surface area contributed by atoms with Gasteiger partial charge in [-0.05, 0) is 42.4 Å². The number of benzene rings is 1. The van der Waals surface area contributed by atoms with Gasteiger partial charge in [-0.3, -0.25) is 9.59 Å². The number of carboxylic acids is 1. The van der Waals surface area contributed by atoms with Crippen molar-refractivity contribution in [1.82, 2.24) is 5.32 Å². The number of ether oxygens (including phenoxy) is 1. The van der Waals surface area contributed by atoms with Crippen LogP contribution in [0.4, 0.5) is 0 Å². The molecule has 1 amide bonds. The van der Waals surface area contributed by atoms with Crippen LogP contribution in [0.1, 0.15) is 51.2 Å². The van der Waals surface area contributed by atoms with Gasteiger partial charge in [0.15, 0.2) is 0 Å². The summed E-state index contributed by atoms with van der Waals surface area (Å²) in [6, 6.07) is 6.03. The van der Waals surface area contributed by atoms with E-state index < -0.39 is 5.97 Å². The first-order valence-corrected chi connectivity index (χ1v) is 8.40. The van der Waals surface area contributed by atoms with Crippen molar-refractivity contribution in [2.75, 3.05) is 7.11 Å². The molecule has 2 atom stereocenters. The number of rotatable bonds is 5. The molecular formula is C19H27NO4. The van der Waals surface area contributed by atoms with E-state index in [0.717, 1.165) is 11.3 Å². The minimum Gasteiger partial charge on any atom is -0.496 e. The lowest BCUT2D eigenvalue weighted by Gasteiger charge is -2.21. The first-order valence-electron chi connectivity index (χ1n) is 8.40. The normalized spacial score (nSPS) is 20.7. The summed E-state index contributed by atoms with van der Waals surface area (Å²) in [6.07, 6.45) is 1.65. The molecule has 1 aliphatic carbocycles. The van der Waals surface area contributed by atoms with Gasteiger partial charge in [0.2, 0.25) is 5.91 Å². The van der Waals surface area contributed by atoms with Crippen LogP contribution in [0.3, 0.4) is 0 Å². The number of carbonyl (C=O) groups excluding carboxylic acids is 1. The van der Waals surface area contributed by atoms with E-state index in [2.05, 4.69) is 32.2 Å². The van der Waals surface area contributed by atoms with E-state index in [1.54, 1.807) is 7.11 Å². The number of hydrogen-bond donors (Lipinski definition) is 2. The van der Waals surface area contributed by atoms with Crippen LogP contribution in [0, 0.1) is 11.8 Å². The molecule has 0 heterocycles. The Labute approximate surface area is 143 Å². The SMILES string of the molecule is COc1ccc(C(C)(C)C)cc1CNC(=O)[C@@H]1CC[C@H](C(=O)O)C1. The van der Waals surface area contributed by atoms with E-state index in [1.165, 1.54) is 5.56 Å². The maximum atomic E-state index is 12.3. The molecule has 5 heteroatoms. The topological polar surface area (TPSA) is 75.6 Å². The number of carbonyl (C=O) groups is 2. The number of carboxylic acid groups (broad SMARTS) is 1. The fourth-order valence-electron chi connectivity index (χ4n) is 3.15. The number of nitrogens with one attached hydrogen (secondary N) is 1. The molecule has 1 aromatic carbocycles. The smallest absolute Gasteiger partial charge is 0.306 e. The third-order valence-electron chi connectivity index (χ3n) is 4.75. The molecule has 5 nitrogen and oxygen atoms in total. The summed E-state index contributed by atoms with van der Waals surface area (Å²) < 4.78 is 5.39.